The number of hydrogen-bond acceptors (Lipinski definition) is 1. The van der Waals surface area contributed by atoms with E-state index in [0.717, 1.165) is 41.8 Å². The van der Waals surface area contributed by atoms with Crippen molar-refractivity contribution in [3.05, 3.63) is 72.4 Å². The van der Waals surface area contributed by atoms with E-state index in [1.165, 1.54) is 46.9 Å². The molecule has 0 aliphatic rings. The molecule has 0 saturated carbocycles. The molecule has 4 nitrogen and oxygen atoms in total. The Balaban J connectivity index is 1.82. The summed E-state index contributed by atoms with van der Waals surface area (Å²) in [6.07, 6.45) is 2.25. The topological polar surface area (TPSA) is 23.0 Å². The van der Waals surface area contributed by atoms with E-state index in [1.54, 1.807) is 7.11 Å². The van der Waals surface area contributed by atoms with Crippen molar-refractivity contribution in [1.82, 2.24) is 9.13 Å². The van der Waals surface area contributed by atoms with Crippen LogP contribution in [-0.4, -0.2) is 41.0 Å². The average Bonchev–Trinajstić information content (AvgIpc) is 3.26. The van der Waals surface area contributed by atoms with Gasteiger partial charge in [-0.2, -0.15) is 0 Å². The van der Waals surface area contributed by atoms with Crippen LogP contribution in [0.3, 0.4) is 0 Å². The normalized spacial score (nSPS) is 11.9. The van der Waals surface area contributed by atoms with Crippen molar-refractivity contribution >= 4 is 71.6 Å². The van der Waals surface area contributed by atoms with E-state index in [4.69, 9.17) is 4.74 Å². The molecule has 0 fully saturated rings. The second kappa shape index (κ2) is 7.05. The number of aryl methyl sites for hydroxylation is 3. The third kappa shape index (κ3) is 2.61. The fourth-order valence-corrected chi connectivity index (χ4v) is 6.21. The summed E-state index contributed by atoms with van der Waals surface area (Å²) in [7, 11) is 6.04. The number of nitrogens with zero attached hydrogens (tertiary/aromatic N) is 3. The monoisotopic (exact) mass is 616 g/mol. The first-order valence-corrected chi connectivity index (χ1v) is 13.0. The third-order valence-corrected chi connectivity index (χ3v) is 8.15. The van der Waals surface area contributed by atoms with Gasteiger partial charge in [-0.05, 0) is 0 Å². The number of para-hydroxylation sites is 1. The van der Waals surface area contributed by atoms with Crippen molar-refractivity contribution in [3.63, 3.8) is 0 Å². The van der Waals surface area contributed by atoms with Gasteiger partial charge in [-0.15, -0.1) is 0 Å². The molecule has 6 aromatic rings. The number of fused-ring (bicyclic) bond motifs is 6. The zero-order valence-corrected chi connectivity index (χ0v) is 23.2. The van der Waals surface area contributed by atoms with E-state index in [9.17, 15) is 0 Å². The summed E-state index contributed by atoms with van der Waals surface area (Å²) in [4.78, 5) is 0. The molecule has 0 saturated heterocycles. The molecular weight excluding hydrogens is 591 g/mol. The van der Waals surface area contributed by atoms with Gasteiger partial charge in [0.2, 0.25) is 0 Å². The first-order chi connectivity index (χ1) is 15.5. The fraction of sp³-hybridized carbons (Fsp3) is 0.148. The summed E-state index contributed by atoms with van der Waals surface area (Å²) in [5, 5.41) is 5.14. The van der Waals surface area contributed by atoms with Crippen LogP contribution < -0.4 is 12.6 Å². The maximum atomic E-state index is 5.71. The molecule has 0 radical (unpaired) electrons. The molecule has 3 aromatic carbocycles. The Kier molecular flexibility index (Phi) is 4.35. The van der Waals surface area contributed by atoms with Crippen molar-refractivity contribution in [2.75, 3.05) is 7.11 Å². The molecular formula is C27H25BiN3O+. The number of pyridine rings is 1. The second-order valence-electron chi connectivity index (χ2n) is 8.52. The van der Waals surface area contributed by atoms with Crippen LogP contribution in [0.15, 0.2) is 66.9 Å². The molecule has 0 aliphatic carbocycles. The third-order valence-electron chi connectivity index (χ3n) is 6.75. The Morgan fingerprint density at radius 1 is 0.844 bits per heavy atom. The van der Waals surface area contributed by atoms with Crippen molar-refractivity contribution in [1.29, 1.82) is 0 Å². The Morgan fingerprint density at radius 2 is 1.62 bits per heavy atom. The Labute approximate surface area is 201 Å². The molecule has 158 valence electrons. The number of hydrogen-bond donors (Lipinski definition) is 0. The summed E-state index contributed by atoms with van der Waals surface area (Å²) in [5.74, 6) is 2.07. The van der Waals surface area contributed by atoms with Crippen LogP contribution in [0.5, 0.6) is 5.75 Å². The zero-order valence-electron chi connectivity index (χ0n) is 18.7. The van der Waals surface area contributed by atoms with E-state index in [2.05, 4.69) is 102 Å². The Morgan fingerprint density at radius 3 is 2.44 bits per heavy atom. The van der Waals surface area contributed by atoms with E-state index >= 15 is 0 Å². The van der Waals surface area contributed by atoms with Gasteiger partial charge in [0.1, 0.15) is 0 Å². The van der Waals surface area contributed by atoms with Gasteiger partial charge in [-0.25, -0.2) is 0 Å². The quantitative estimate of drug-likeness (QED) is 0.215. The Hall–Kier alpha value is -2.91. The van der Waals surface area contributed by atoms with Crippen LogP contribution in [0.4, 0.5) is 0 Å². The molecule has 0 bridgehead atoms. The van der Waals surface area contributed by atoms with Gasteiger partial charge in [-0.1, -0.05) is 0 Å². The summed E-state index contributed by atoms with van der Waals surface area (Å²) in [6.45, 7) is 2.16. The van der Waals surface area contributed by atoms with Gasteiger partial charge in [-0.3, -0.25) is 0 Å². The maximum absolute atomic E-state index is 5.71. The summed E-state index contributed by atoms with van der Waals surface area (Å²) in [6, 6.07) is 22.2. The van der Waals surface area contributed by atoms with Gasteiger partial charge in [0.05, 0.1) is 0 Å². The van der Waals surface area contributed by atoms with Crippen LogP contribution in [0.1, 0.15) is 5.56 Å². The van der Waals surface area contributed by atoms with Gasteiger partial charge in [0, 0.05) is 0 Å². The first-order valence-electron chi connectivity index (χ1n) is 10.7. The SMILES string of the molecule is COc1ccc2c3c[c]([BiH2])ccc3n(-c3cc4c5ccccc5n(C)c4c[n+]3C)c2c1C. The van der Waals surface area contributed by atoms with E-state index < -0.39 is 0 Å². The van der Waals surface area contributed by atoms with Gasteiger partial charge < -0.3 is 0 Å². The second-order valence-corrected chi connectivity index (χ2v) is 11.1. The summed E-state index contributed by atoms with van der Waals surface area (Å²) >= 11 is 0.810. The van der Waals surface area contributed by atoms with Crippen molar-refractivity contribution in [2.45, 2.75) is 6.92 Å². The summed E-state index contributed by atoms with van der Waals surface area (Å²) in [5.41, 5.74) is 6.09. The molecule has 0 unspecified atom stereocenters. The standard InChI is InChI=1S/C27H23N3O.Bi.2H/c1-17-25(31-4)14-13-20-18-9-6-8-12-23(18)30(27(17)20)26-15-21-19-10-5-7-11-22(19)29(3)24(21)16-28(26)2;;;/h5,7-16H,1-4H3;;;/q+1;;;. The van der Waals surface area contributed by atoms with Gasteiger partial charge in [0.15, 0.2) is 0 Å². The number of rotatable bonds is 2. The predicted molar refractivity (Wildman–Crippen MR) is 135 cm³/mol. The fourth-order valence-electron chi connectivity index (χ4n) is 5.18. The molecule has 0 aliphatic heterocycles. The van der Waals surface area contributed by atoms with E-state index in [1.807, 2.05) is 0 Å². The minimum absolute atomic E-state index is 0.810. The molecule has 0 amide bonds. The van der Waals surface area contributed by atoms with Gasteiger partial charge >= 0.3 is 202 Å². The van der Waals surface area contributed by atoms with Crippen LogP contribution in [0.2, 0.25) is 0 Å². The van der Waals surface area contributed by atoms with Crippen LogP contribution in [0.25, 0.3) is 49.4 Å². The molecule has 0 N–H and O–H groups in total. The molecule has 5 heteroatoms. The number of aromatic nitrogens is 3. The zero-order chi connectivity index (χ0) is 22.1. The first kappa shape index (κ1) is 19.8. The predicted octanol–water partition coefficient (Wildman–Crippen LogP) is 3.83. The van der Waals surface area contributed by atoms with Crippen molar-refractivity contribution in [3.8, 4) is 11.6 Å². The van der Waals surface area contributed by atoms with Crippen molar-refractivity contribution in [2.24, 2.45) is 14.1 Å². The van der Waals surface area contributed by atoms with Crippen LogP contribution in [0, 0.1) is 6.92 Å². The Bertz CT molecular complexity index is 1710. The number of methoxy groups -OCH3 is 1. The van der Waals surface area contributed by atoms with Crippen molar-refractivity contribution < 1.29 is 9.30 Å². The molecule has 0 atom stereocenters. The molecule has 6 rings (SSSR count). The number of ether oxygens (including phenoxy) is 1. The van der Waals surface area contributed by atoms with Gasteiger partial charge in [0.25, 0.3) is 0 Å². The minimum atomic E-state index is 0.810. The molecule has 3 heterocycles. The van der Waals surface area contributed by atoms with E-state index in [-0.39, 0.29) is 0 Å². The van der Waals surface area contributed by atoms with E-state index in [0.29, 0.717) is 0 Å². The van der Waals surface area contributed by atoms with Crippen LogP contribution in [-0.2, 0) is 14.1 Å². The van der Waals surface area contributed by atoms with Crippen LogP contribution >= 0.6 is 0 Å². The molecule has 32 heavy (non-hydrogen) atoms. The average molecular weight is 616 g/mol. The molecule has 3 aromatic heterocycles. The summed E-state index contributed by atoms with van der Waals surface area (Å²) < 4.78 is 14.1. The molecule has 0 spiro atoms. The number of benzene rings is 3.